The first-order valence-electron chi connectivity index (χ1n) is 12.0. The Bertz CT molecular complexity index is 1160. The van der Waals surface area contributed by atoms with Gasteiger partial charge in [0.05, 0.1) is 25.0 Å². The Labute approximate surface area is 207 Å². The number of aromatic nitrogens is 2. The van der Waals surface area contributed by atoms with Crippen molar-refractivity contribution in [2.45, 2.75) is 50.2 Å². The fraction of sp³-hybridized carbons (Fsp3) is 0.480. The number of quaternary nitrogens is 1. The van der Waals surface area contributed by atoms with Gasteiger partial charge in [-0.2, -0.15) is 0 Å². The van der Waals surface area contributed by atoms with E-state index >= 15 is 0 Å². The molecule has 9 heteroatoms. The van der Waals surface area contributed by atoms with E-state index in [9.17, 15) is 9.18 Å². The number of hydrogen-bond donors (Lipinski definition) is 2. The number of thiophene rings is 1. The number of nitrogens with zero attached hydrogens (tertiary/aromatic N) is 2. The lowest BCUT2D eigenvalue weighted by atomic mass is 9.97. The molecule has 1 aromatic carbocycles. The summed E-state index contributed by atoms with van der Waals surface area (Å²) in [7, 11) is 0. The first kappa shape index (κ1) is 23.7. The van der Waals surface area contributed by atoms with Gasteiger partial charge in [0.15, 0.2) is 5.82 Å². The zero-order valence-corrected chi connectivity index (χ0v) is 21.0. The second kappa shape index (κ2) is 10.7. The Hall–Kier alpha value is -2.07. The zero-order valence-electron chi connectivity index (χ0n) is 19.4. The summed E-state index contributed by atoms with van der Waals surface area (Å²) in [6, 6.07) is 6.07. The number of rotatable bonds is 7. The highest BCUT2D eigenvalue weighted by atomic mass is 32.2. The van der Waals surface area contributed by atoms with Crippen LogP contribution in [0.1, 0.15) is 47.6 Å². The Kier molecular flexibility index (Phi) is 7.43. The lowest BCUT2D eigenvalue weighted by Crippen LogP contribution is -3.12. The molecule has 1 saturated heterocycles. The van der Waals surface area contributed by atoms with Crippen LogP contribution in [0.2, 0.25) is 0 Å². The summed E-state index contributed by atoms with van der Waals surface area (Å²) in [6.07, 6.45) is 4.59. The van der Waals surface area contributed by atoms with Crippen molar-refractivity contribution >= 4 is 39.2 Å². The number of ether oxygens (including phenoxy) is 1. The summed E-state index contributed by atoms with van der Waals surface area (Å²) in [4.78, 5) is 26.6. The molecule has 1 unspecified atom stereocenters. The minimum Gasteiger partial charge on any atom is -0.370 e. The molecule has 1 aliphatic heterocycles. The third-order valence-electron chi connectivity index (χ3n) is 6.52. The summed E-state index contributed by atoms with van der Waals surface area (Å²) in [6.45, 7) is 6.18. The maximum Gasteiger partial charge on any atom is 0.230 e. The lowest BCUT2D eigenvalue weighted by molar-refractivity contribution is -0.922. The number of nitrogens with one attached hydrogen (secondary N) is 2. The van der Waals surface area contributed by atoms with Crippen LogP contribution < -0.4 is 10.2 Å². The highest BCUT2D eigenvalue weighted by Gasteiger charge is 2.24. The molecule has 0 bridgehead atoms. The van der Waals surface area contributed by atoms with Crippen molar-refractivity contribution in [3.05, 3.63) is 51.9 Å². The molecule has 34 heavy (non-hydrogen) atoms. The van der Waals surface area contributed by atoms with E-state index in [-0.39, 0.29) is 23.5 Å². The number of hydrogen-bond acceptors (Lipinski definition) is 6. The maximum atomic E-state index is 13.2. The molecular formula is C25H30FN4O2S2+. The largest absolute Gasteiger partial charge is 0.370 e. The SMILES string of the molecule is CC(NC(=O)CSc1nc(C[NH+]2CCOCC2)nc2sc3c(c12)CCCC3)c1ccc(F)cc1. The summed E-state index contributed by atoms with van der Waals surface area (Å²) < 4.78 is 18.7. The topological polar surface area (TPSA) is 68.5 Å². The van der Waals surface area contributed by atoms with E-state index < -0.39 is 0 Å². The Morgan fingerprint density at radius 1 is 1.21 bits per heavy atom. The molecule has 3 aromatic rings. The molecule has 6 nitrogen and oxygen atoms in total. The van der Waals surface area contributed by atoms with E-state index in [1.54, 1.807) is 23.5 Å². The second-order valence-electron chi connectivity index (χ2n) is 9.00. The van der Waals surface area contributed by atoms with Crippen molar-refractivity contribution < 1.29 is 18.8 Å². The number of fused-ring (bicyclic) bond motifs is 3. The molecule has 3 heterocycles. The van der Waals surface area contributed by atoms with Gasteiger partial charge in [-0.1, -0.05) is 23.9 Å². The van der Waals surface area contributed by atoms with Gasteiger partial charge in [-0.3, -0.25) is 4.79 Å². The molecule has 0 saturated carbocycles. The van der Waals surface area contributed by atoms with Crippen LogP contribution in [-0.2, 0) is 28.9 Å². The number of morpholine rings is 1. The fourth-order valence-corrected chi connectivity index (χ4v) is 6.89. The molecule has 1 amide bonds. The van der Waals surface area contributed by atoms with Gasteiger partial charge in [0, 0.05) is 10.3 Å². The Morgan fingerprint density at radius 2 is 1.97 bits per heavy atom. The van der Waals surface area contributed by atoms with E-state index in [0.717, 1.165) is 72.3 Å². The van der Waals surface area contributed by atoms with Crippen LogP contribution in [-0.4, -0.2) is 47.9 Å². The number of benzene rings is 1. The first-order chi connectivity index (χ1) is 16.6. The predicted molar refractivity (Wildman–Crippen MR) is 133 cm³/mol. The van der Waals surface area contributed by atoms with E-state index in [4.69, 9.17) is 14.7 Å². The molecule has 1 atom stereocenters. The average Bonchev–Trinajstić information content (AvgIpc) is 3.22. The maximum absolute atomic E-state index is 13.2. The predicted octanol–water partition coefficient (Wildman–Crippen LogP) is 3.09. The normalized spacial score (nSPS) is 17.5. The van der Waals surface area contributed by atoms with E-state index in [0.29, 0.717) is 0 Å². The molecule has 2 N–H and O–H groups in total. The van der Waals surface area contributed by atoms with Crippen molar-refractivity contribution in [3.63, 3.8) is 0 Å². The third-order valence-corrected chi connectivity index (χ3v) is 8.68. The standard InChI is InChI=1S/C25H29FN4O2S2/c1-16(17-6-8-18(26)9-7-17)27-22(31)15-33-24-23-19-4-2-3-5-20(19)34-25(23)29-21(28-24)14-30-10-12-32-13-11-30/h6-9,16H,2-5,10-15H2,1H3,(H,27,31)/p+1. The van der Waals surface area contributed by atoms with Crippen molar-refractivity contribution in [1.82, 2.24) is 15.3 Å². The first-order valence-corrected chi connectivity index (χ1v) is 13.8. The molecule has 0 spiro atoms. The van der Waals surface area contributed by atoms with Gasteiger partial charge >= 0.3 is 0 Å². The van der Waals surface area contributed by atoms with Gasteiger partial charge in [-0.15, -0.1) is 11.3 Å². The van der Waals surface area contributed by atoms with Gasteiger partial charge in [0.2, 0.25) is 5.91 Å². The third kappa shape index (κ3) is 5.43. The number of halogens is 1. The molecule has 180 valence electrons. The molecule has 0 radical (unpaired) electrons. The summed E-state index contributed by atoms with van der Waals surface area (Å²) >= 11 is 3.30. The van der Waals surface area contributed by atoms with Gasteiger partial charge in [-0.05, 0) is 55.9 Å². The molecule has 2 aromatic heterocycles. The molecule has 5 rings (SSSR count). The lowest BCUT2D eigenvalue weighted by Gasteiger charge is -2.23. The minimum atomic E-state index is -0.278. The van der Waals surface area contributed by atoms with Crippen LogP contribution in [0.5, 0.6) is 0 Å². The minimum absolute atomic E-state index is 0.0574. The summed E-state index contributed by atoms with van der Waals surface area (Å²) in [5.41, 5.74) is 2.27. The van der Waals surface area contributed by atoms with E-state index in [1.165, 1.54) is 52.1 Å². The Balaban J connectivity index is 1.34. The van der Waals surface area contributed by atoms with Crippen LogP contribution in [0, 0.1) is 5.82 Å². The van der Waals surface area contributed by atoms with Crippen molar-refractivity contribution in [2.24, 2.45) is 0 Å². The molecule has 1 fully saturated rings. The zero-order chi connectivity index (χ0) is 23.5. The van der Waals surface area contributed by atoms with Gasteiger partial charge in [0.25, 0.3) is 0 Å². The highest BCUT2D eigenvalue weighted by molar-refractivity contribution is 8.00. The van der Waals surface area contributed by atoms with Crippen LogP contribution in [0.3, 0.4) is 0 Å². The van der Waals surface area contributed by atoms with Gasteiger partial charge in [0.1, 0.15) is 35.3 Å². The molecule has 2 aliphatic rings. The van der Waals surface area contributed by atoms with Crippen molar-refractivity contribution in [3.8, 4) is 0 Å². The summed E-state index contributed by atoms with van der Waals surface area (Å²) in [5, 5.41) is 5.11. The van der Waals surface area contributed by atoms with Gasteiger partial charge < -0.3 is 15.0 Å². The summed E-state index contributed by atoms with van der Waals surface area (Å²) in [5.74, 6) is 0.801. The quantitative estimate of drug-likeness (QED) is 0.385. The Morgan fingerprint density at radius 3 is 2.76 bits per heavy atom. The van der Waals surface area contributed by atoms with Crippen molar-refractivity contribution in [1.29, 1.82) is 0 Å². The molecule has 1 aliphatic carbocycles. The smallest absolute Gasteiger partial charge is 0.230 e. The fourth-order valence-electron chi connectivity index (χ4n) is 4.66. The number of thioether (sulfide) groups is 1. The van der Waals surface area contributed by atoms with Gasteiger partial charge in [-0.25, -0.2) is 14.4 Å². The number of aryl methyl sites for hydroxylation is 2. The highest BCUT2D eigenvalue weighted by Crippen LogP contribution is 2.39. The van der Waals surface area contributed by atoms with Crippen LogP contribution in [0.15, 0.2) is 29.3 Å². The van der Waals surface area contributed by atoms with Crippen molar-refractivity contribution in [2.75, 3.05) is 32.1 Å². The number of carbonyl (C=O) groups is 1. The van der Waals surface area contributed by atoms with E-state index in [2.05, 4.69) is 5.32 Å². The van der Waals surface area contributed by atoms with Crippen LogP contribution in [0.25, 0.3) is 10.2 Å². The monoisotopic (exact) mass is 501 g/mol. The molecular weight excluding hydrogens is 471 g/mol. The van der Waals surface area contributed by atoms with Crippen LogP contribution in [0.4, 0.5) is 4.39 Å². The number of carbonyl (C=O) groups excluding carboxylic acids is 1. The van der Waals surface area contributed by atoms with Crippen LogP contribution >= 0.6 is 23.1 Å². The number of amides is 1. The second-order valence-corrected chi connectivity index (χ2v) is 11.1. The van der Waals surface area contributed by atoms with E-state index in [1.807, 2.05) is 6.92 Å². The average molecular weight is 502 g/mol.